The fourth-order valence-corrected chi connectivity index (χ4v) is 4.31. The molecule has 1 aromatic rings. The van der Waals surface area contributed by atoms with Crippen LogP contribution in [0.15, 0.2) is 0 Å². The van der Waals surface area contributed by atoms with E-state index in [1.54, 1.807) is 0 Å². The minimum Gasteiger partial charge on any atom is -0.236 e. The molecule has 2 nitrogen and oxygen atoms in total. The molecule has 1 fully saturated rings. The van der Waals surface area contributed by atoms with Crippen LogP contribution in [0.5, 0.6) is 0 Å². The van der Waals surface area contributed by atoms with Crippen molar-refractivity contribution in [1.29, 1.82) is 0 Å². The van der Waals surface area contributed by atoms with Gasteiger partial charge in [-0.05, 0) is 12.8 Å². The Bertz CT molecular complexity index is 428. The Morgan fingerprint density at radius 3 is 2.44 bits per heavy atom. The molecule has 2 heterocycles. The highest BCUT2D eigenvalue weighted by molar-refractivity contribution is 7.98. The van der Waals surface area contributed by atoms with Crippen molar-refractivity contribution in [2.45, 2.75) is 62.4 Å². The zero-order chi connectivity index (χ0) is 12.4. The summed E-state index contributed by atoms with van der Waals surface area (Å²) >= 11 is 8.20. The normalized spacial score (nSPS) is 21.4. The quantitative estimate of drug-likeness (QED) is 0.698. The number of rotatable bonds is 1. The van der Waals surface area contributed by atoms with Crippen LogP contribution < -0.4 is 0 Å². The maximum atomic E-state index is 6.30. The van der Waals surface area contributed by atoms with Crippen molar-refractivity contribution in [3.05, 3.63) is 22.2 Å². The van der Waals surface area contributed by atoms with E-state index in [0.29, 0.717) is 11.1 Å². The highest BCUT2D eigenvalue weighted by atomic mass is 35.5. The molecule has 1 saturated carbocycles. The van der Waals surface area contributed by atoms with E-state index in [9.17, 15) is 0 Å². The van der Waals surface area contributed by atoms with Gasteiger partial charge < -0.3 is 0 Å². The van der Waals surface area contributed by atoms with Gasteiger partial charge in [-0.2, -0.15) is 11.8 Å². The summed E-state index contributed by atoms with van der Waals surface area (Å²) in [5.74, 6) is 3.55. The zero-order valence-corrected chi connectivity index (χ0v) is 12.2. The van der Waals surface area contributed by atoms with E-state index in [0.717, 1.165) is 17.3 Å². The zero-order valence-electron chi connectivity index (χ0n) is 10.6. The predicted molar refractivity (Wildman–Crippen MR) is 77.1 cm³/mol. The van der Waals surface area contributed by atoms with Gasteiger partial charge in [0.15, 0.2) is 0 Å². The molecular weight excluding hydrogens is 264 g/mol. The molecule has 0 aromatic carbocycles. The second-order valence-electron chi connectivity index (χ2n) is 5.33. The van der Waals surface area contributed by atoms with Crippen molar-refractivity contribution in [1.82, 2.24) is 9.97 Å². The number of thioether (sulfide) groups is 1. The van der Waals surface area contributed by atoms with Crippen LogP contribution in [0, 0.1) is 0 Å². The molecule has 0 amide bonds. The van der Waals surface area contributed by atoms with Crippen LogP contribution in [-0.2, 0) is 11.5 Å². The summed E-state index contributed by atoms with van der Waals surface area (Å²) in [5.41, 5.74) is 2.37. The Hall–Kier alpha value is -0.280. The Morgan fingerprint density at radius 2 is 1.67 bits per heavy atom. The molecule has 1 aliphatic carbocycles. The molecule has 0 N–H and O–H groups in total. The van der Waals surface area contributed by atoms with Crippen LogP contribution in [0.1, 0.15) is 67.9 Å². The average molecular weight is 283 g/mol. The predicted octanol–water partition coefficient (Wildman–Crippen LogP) is 4.70. The number of nitrogens with zero attached hydrogens (tertiary/aromatic N) is 2. The Kier molecular flexibility index (Phi) is 4.10. The van der Waals surface area contributed by atoms with Gasteiger partial charge in [0.05, 0.1) is 5.69 Å². The lowest BCUT2D eigenvalue weighted by Crippen LogP contribution is -2.09. The van der Waals surface area contributed by atoms with Crippen LogP contribution in [0.4, 0.5) is 0 Å². The Balaban J connectivity index is 1.84. The summed E-state index contributed by atoms with van der Waals surface area (Å²) in [4.78, 5) is 9.38. The van der Waals surface area contributed by atoms with Gasteiger partial charge in [-0.3, -0.25) is 0 Å². The van der Waals surface area contributed by atoms with E-state index in [4.69, 9.17) is 16.6 Å². The van der Waals surface area contributed by atoms with Gasteiger partial charge in [-0.15, -0.1) is 0 Å². The standard InChI is InChI=1S/C14H19ClN2S/c15-13-11-8-18-9-12(11)16-14(17-13)10-6-4-2-1-3-5-7-10/h10H,1-9H2. The number of hydrogen-bond donors (Lipinski definition) is 0. The second-order valence-corrected chi connectivity index (χ2v) is 6.68. The molecule has 0 radical (unpaired) electrons. The number of fused-ring (bicyclic) bond motifs is 1. The molecule has 0 spiro atoms. The van der Waals surface area contributed by atoms with Gasteiger partial charge >= 0.3 is 0 Å². The molecule has 2 aliphatic rings. The van der Waals surface area contributed by atoms with E-state index in [-0.39, 0.29) is 0 Å². The van der Waals surface area contributed by atoms with Crippen LogP contribution in [0.25, 0.3) is 0 Å². The minimum absolute atomic E-state index is 0.540. The summed E-state index contributed by atoms with van der Waals surface area (Å²) in [5, 5.41) is 0.710. The third-order valence-corrected chi connectivity index (χ3v) is 5.30. The number of hydrogen-bond acceptors (Lipinski definition) is 3. The molecule has 1 aromatic heterocycles. The SMILES string of the molecule is Clc1nc(C2CCCCCCC2)nc2c1CSC2. The molecule has 0 unspecified atom stereocenters. The molecule has 1 aliphatic heterocycles. The lowest BCUT2D eigenvalue weighted by molar-refractivity contribution is 0.441. The first-order valence-corrected chi connectivity index (χ1v) is 8.51. The molecule has 0 bridgehead atoms. The lowest BCUT2D eigenvalue weighted by atomic mass is 9.90. The molecule has 0 atom stereocenters. The average Bonchev–Trinajstić information content (AvgIpc) is 2.77. The molecule has 3 rings (SSSR count). The first kappa shape index (κ1) is 12.7. The Labute approximate surface area is 118 Å². The van der Waals surface area contributed by atoms with Gasteiger partial charge in [-0.25, -0.2) is 9.97 Å². The largest absolute Gasteiger partial charge is 0.236 e. The summed E-state index contributed by atoms with van der Waals surface area (Å²) in [7, 11) is 0. The summed E-state index contributed by atoms with van der Waals surface area (Å²) in [6.07, 6.45) is 9.24. The molecule has 98 valence electrons. The third kappa shape index (κ3) is 2.67. The van der Waals surface area contributed by atoms with Gasteiger partial charge in [0.2, 0.25) is 0 Å². The van der Waals surface area contributed by atoms with Crippen LogP contribution >= 0.6 is 23.4 Å². The maximum absolute atomic E-state index is 6.30. The molecular formula is C14H19ClN2S. The van der Waals surface area contributed by atoms with Gasteiger partial charge in [0, 0.05) is 23.0 Å². The third-order valence-electron chi connectivity index (χ3n) is 4.02. The van der Waals surface area contributed by atoms with Crippen molar-refractivity contribution >= 4 is 23.4 Å². The van der Waals surface area contributed by atoms with Crippen LogP contribution in [-0.4, -0.2) is 9.97 Å². The van der Waals surface area contributed by atoms with Crippen molar-refractivity contribution in [3.63, 3.8) is 0 Å². The van der Waals surface area contributed by atoms with Crippen molar-refractivity contribution in [3.8, 4) is 0 Å². The van der Waals surface area contributed by atoms with Crippen LogP contribution in [0.2, 0.25) is 5.15 Å². The molecule has 4 heteroatoms. The fourth-order valence-electron chi connectivity index (χ4n) is 2.93. The van der Waals surface area contributed by atoms with Gasteiger partial charge in [0.1, 0.15) is 11.0 Å². The smallest absolute Gasteiger partial charge is 0.137 e. The maximum Gasteiger partial charge on any atom is 0.137 e. The highest BCUT2D eigenvalue weighted by Gasteiger charge is 2.22. The van der Waals surface area contributed by atoms with Gasteiger partial charge in [-0.1, -0.05) is 43.7 Å². The van der Waals surface area contributed by atoms with E-state index in [1.165, 1.54) is 56.2 Å². The van der Waals surface area contributed by atoms with Crippen molar-refractivity contribution in [2.24, 2.45) is 0 Å². The van der Waals surface area contributed by atoms with E-state index in [2.05, 4.69) is 4.98 Å². The second kappa shape index (κ2) is 5.79. The molecule has 0 saturated heterocycles. The fraction of sp³-hybridized carbons (Fsp3) is 0.714. The minimum atomic E-state index is 0.540. The number of halogens is 1. The lowest BCUT2D eigenvalue weighted by Gasteiger charge is -2.19. The number of aromatic nitrogens is 2. The first-order chi connectivity index (χ1) is 8.84. The summed E-state index contributed by atoms with van der Waals surface area (Å²) in [6, 6.07) is 0. The van der Waals surface area contributed by atoms with E-state index in [1.807, 2.05) is 11.8 Å². The Morgan fingerprint density at radius 1 is 0.944 bits per heavy atom. The highest BCUT2D eigenvalue weighted by Crippen LogP contribution is 2.35. The van der Waals surface area contributed by atoms with Crippen molar-refractivity contribution < 1.29 is 0 Å². The molecule has 18 heavy (non-hydrogen) atoms. The summed E-state index contributed by atoms with van der Waals surface area (Å²) in [6.45, 7) is 0. The van der Waals surface area contributed by atoms with Gasteiger partial charge in [0.25, 0.3) is 0 Å². The van der Waals surface area contributed by atoms with E-state index >= 15 is 0 Å². The first-order valence-electron chi connectivity index (χ1n) is 6.97. The topological polar surface area (TPSA) is 25.8 Å². The van der Waals surface area contributed by atoms with E-state index < -0.39 is 0 Å². The van der Waals surface area contributed by atoms with Crippen molar-refractivity contribution in [2.75, 3.05) is 0 Å². The van der Waals surface area contributed by atoms with Crippen LogP contribution in [0.3, 0.4) is 0 Å². The summed E-state index contributed by atoms with van der Waals surface area (Å²) < 4.78 is 0. The monoisotopic (exact) mass is 282 g/mol.